The van der Waals surface area contributed by atoms with Crippen molar-refractivity contribution < 1.29 is 14.3 Å². The summed E-state index contributed by atoms with van der Waals surface area (Å²) in [6, 6.07) is 16.4. The molecule has 1 aromatic heterocycles. The highest BCUT2D eigenvalue weighted by Crippen LogP contribution is 2.20. The van der Waals surface area contributed by atoms with Crippen LogP contribution in [-0.4, -0.2) is 23.0 Å². The molecule has 7 nitrogen and oxygen atoms in total. The molecule has 27 heavy (non-hydrogen) atoms. The Balaban J connectivity index is 1.66. The third-order valence-corrected chi connectivity index (χ3v) is 4.04. The van der Waals surface area contributed by atoms with Gasteiger partial charge in [0.15, 0.2) is 0 Å². The second-order valence-corrected chi connectivity index (χ2v) is 6.33. The number of halogens is 1. The van der Waals surface area contributed by atoms with Crippen LogP contribution in [0.3, 0.4) is 0 Å². The van der Waals surface area contributed by atoms with Crippen molar-refractivity contribution >= 4 is 27.8 Å². The van der Waals surface area contributed by atoms with Crippen LogP contribution in [0.25, 0.3) is 0 Å². The van der Waals surface area contributed by atoms with Crippen LogP contribution in [0.4, 0.5) is 5.95 Å². The van der Waals surface area contributed by atoms with Gasteiger partial charge in [-0.3, -0.25) is 15.6 Å². The number of hydrazine groups is 1. The van der Waals surface area contributed by atoms with Gasteiger partial charge >= 0.3 is 0 Å². The van der Waals surface area contributed by atoms with Crippen molar-refractivity contribution in [2.24, 2.45) is 0 Å². The van der Waals surface area contributed by atoms with E-state index in [0.29, 0.717) is 23.8 Å². The van der Waals surface area contributed by atoms with Gasteiger partial charge in [-0.25, -0.2) is 4.98 Å². The van der Waals surface area contributed by atoms with Crippen LogP contribution in [0.1, 0.15) is 15.9 Å². The lowest BCUT2D eigenvalue weighted by Gasteiger charge is -2.12. The molecule has 0 aliphatic carbocycles. The number of hydrogen-bond acceptors (Lipinski definition) is 6. The maximum absolute atomic E-state index is 12.5. The molecule has 2 N–H and O–H groups in total. The first-order chi connectivity index (χ1) is 13.2. The predicted octanol–water partition coefficient (Wildman–Crippen LogP) is 3.58. The van der Waals surface area contributed by atoms with Crippen LogP contribution in [0.2, 0.25) is 0 Å². The quantitative estimate of drug-likeness (QED) is 0.559. The number of ether oxygens (including phenoxy) is 2. The van der Waals surface area contributed by atoms with Crippen molar-refractivity contribution in [1.29, 1.82) is 0 Å². The van der Waals surface area contributed by atoms with Gasteiger partial charge < -0.3 is 9.47 Å². The van der Waals surface area contributed by atoms with Crippen LogP contribution in [0.15, 0.2) is 65.3 Å². The van der Waals surface area contributed by atoms with Gasteiger partial charge in [0.1, 0.15) is 12.4 Å². The fourth-order valence-electron chi connectivity index (χ4n) is 2.26. The van der Waals surface area contributed by atoms with Crippen molar-refractivity contribution in [2.75, 3.05) is 12.5 Å². The molecule has 1 heterocycles. The Morgan fingerprint density at radius 1 is 1.15 bits per heavy atom. The first-order valence-electron chi connectivity index (χ1n) is 8.05. The Hall–Kier alpha value is -3.13. The summed E-state index contributed by atoms with van der Waals surface area (Å²) in [6.45, 7) is 0.343. The lowest BCUT2D eigenvalue weighted by molar-refractivity contribution is 0.0957. The highest BCUT2D eigenvalue weighted by Gasteiger charge is 2.12. The third kappa shape index (κ3) is 5.18. The van der Waals surface area contributed by atoms with Gasteiger partial charge in [-0.1, -0.05) is 40.2 Å². The van der Waals surface area contributed by atoms with Crippen LogP contribution < -0.4 is 20.3 Å². The number of carbonyl (C=O) groups is 1. The Labute approximate surface area is 164 Å². The number of aromatic nitrogens is 2. The molecule has 3 aromatic rings. The minimum Gasteiger partial charge on any atom is -0.488 e. The fraction of sp³-hybridized carbons (Fsp3) is 0.105. The number of rotatable bonds is 7. The average Bonchev–Trinajstić information content (AvgIpc) is 2.71. The number of nitrogens with zero attached hydrogens (tertiary/aromatic N) is 2. The normalized spacial score (nSPS) is 10.1. The van der Waals surface area contributed by atoms with Crippen LogP contribution in [0.5, 0.6) is 11.6 Å². The summed E-state index contributed by atoms with van der Waals surface area (Å²) in [5, 5.41) is 0. The Kier molecular flexibility index (Phi) is 6.22. The van der Waals surface area contributed by atoms with Crippen LogP contribution in [0, 0.1) is 0 Å². The van der Waals surface area contributed by atoms with E-state index in [-0.39, 0.29) is 11.9 Å². The molecule has 0 aliphatic heterocycles. The lowest BCUT2D eigenvalue weighted by atomic mass is 10.2. The number of methoxy groups -OCH3 is 1. The molecule has 0 radical (unpaired) electrons. The largest absolute Gasteiger partial charge is 0.488 e. The van der Waals surface area contributed by atoms with Gasteiger partial charge in [-0.15, -0.1) is 0 Å². The summed E-state index contributed by atoms with van der Waals surface area (Å²) in [6.07, 6.45) is 1.52. The zero-order chi connectivity index (χ0) is 19.1. The summed E-state index contributed by atoms with van der Waals surface area (Å²) in [5.41, 5.74) is 6.60. The molecule has 0 bridgehead atoms. The molecular formula is C19H17BrN4O3. The van der Waals surface area contributed by atoms with Crippen molar-refractivity contribution in [2.45, 2.75) is 6.61 Å². The number of anilines is 1. The maximum Gasteiger partial charge on any atom is 0.273 e. The molecular weight excluding hydrogens is 412 g/mol. The molecule has 0 spiro atoms. The van der Waals surface area contributed by atoms with E-state index in [0.717, 1.165) is 10.0 Å². The Morgan fingerprint density at radius 3 is 2.81 bits per heavy atom. The van der Waals surface area contributed by atoms with E-state index in [9.17, 15) is 4.79 Å². The van der Waals surface area contributed by atoms with E-state index in [1.54, 1.807) is 24.3 Å². The molecule has 0 saturated carbocycles. The van der Waals surface area contributed by atoms with Gasteiger partial charge in [0.2, 0.25) is 11.8 Å². The number of para-hydroxylation sites is 1. The number of carbonyl (C=O) groups excluding carboxylic acids is 1. The number of hydrogen-bond donors (Lipinski definition) is 2. The minimum atomic E-state index is -0.369. The summed E-state index contributed by atoms with van der Waals surface area (Å²) >= 11 is 3.43. The molecule has 0 aliphatic rings. The molecule has 2 aromatic carbocycles. The molecule has 138 valence electrons. The van der Waals surface area contributed by atoms with Gasteiger partial charge in [0.05, 0.1) is 12.7 Å². The first-order valence-corrected chi connectivity index (χ1v) is 8.84. The van der Waals surface area contributed by atoms with E-state index in [4.69, 9.17) is 9.47 Å². The lowest BCUT2D eigenvalue weighted by Crippen LogP contribution is -2.30. The molecule has 0 unspecified atom stereocenters. The SMILES string of the molecule is COc1ccnc(NNC(=O)c2ccccc2OCc2cccc(Br)c2)n1. The van der Waals surface area contributed by atoms with E-state index >= 15 is 0 Å². The third-order valence-electron chi connectivity index (χ3n) is 3.54. The van der Waals surface area contributed by atoms with Crippen LogP contribution in [-0.2, 0) is 6.61 Å². The number of nitrogens with one attached hydrogen (secondary N) is 2. The molecule has 0 saturated heterocycles. The fourth-order valence-corrected chi connectivity index (χ4v) is 2.71. The predicted molar refractivity (Wildman–Crippen MR) is 105 cm³/mol. The molecule has 3 rings (SSSR count). The zero-order valence-corrected chi connectivity index (χ0v) is 16.1. The minimum absolute atomic E-state index is 0.218. The average molecular weight is 429 g/mol. The van der Waals surface area contributed by atoms with E-state index in [2.05, 4.69) is 36.7 Å². The van der Waals surface area contributed by atoms with Gasteiger partial charge in [0.25, 0.3) is 5.91 Å². The molecule has 0 atom stereocenters. The second-order valence-electron chi connectivity index (χ2n) is 5.42. The summed E-state index contributed by atoms with van der Waals surface area (Å²) in [4.78, 5) is 20.6. The van der Waals surface area contributed by atoms with Crippen molar-refractivity contribution in [3.05, 3.63) is 76.4 Å². The van der Waals surface area contributed by atoms with Crippen molar-refractivity contribution in [3.63, 3.8) is 0 Å². The Bertz CT molecular complexity index is 936. The summed E-state index contributed by atoms with van der Waals surface area (Å²) in [5.74, 6) is 0.712. The second kappa shape index (κ2) is 9.00. The maximum atomic E-state index is 12.5. The number of amides is 1. The molecule has 8 heteroatoms. The van der Waals surface area contributed by atoms with Crippen molar-refractivity contribution in [1.82, 2.24) is 15.4 Å². The van der Waals surface area contributed by atoms with E-state index < -0.39 is 0 Å². The highest BCUT2D eigenvalue weighted by molar-refractivity contribution is 9.10. The van der Waals surface area contributed by atoms with E-state index in [1.807, 2.05) is 30.3 Å². The monoisotopic (exact) mass is 428 g/mol. The Morgan fingerprint density at radius 2 is 2.00 bits per heavy atom. The topological polar surface area (TPSA) is 85.4 Å². The van der Waals surface area contributed by atoms with Gasteiger partial charge in [-0.2, -0.15) is 4.98 Å². The first kappa shape index (κ1) is 18.7. The smallest absolute Gasteiger partial charge is 0.273 e. The van der Waals surface area contributed by atoms with E-state index in [1.165, 1.54) is 13.3 Å². The molecule has 0 fully saturated rings. The number of benzene rings is 2. The highest BCUT2D eigenvalue weighted by atomic mass is 79.9. The summed E-state index contributed by atoms with van der Waals surface area (Å²) in [7, 11) is 1.50. The molecule has 1 amide bonds. The van der Waals surface area contributed by atoms with Gasteiger partial charge in [-0.05, 0) is 29.8 Å². The summed E-state index contributed by atoms with van der Waals surface area (Å²) < 4.78 is 11.8. The van der Waals surface area contributed by atoms with Crippen molar-refractivity contribution in [3.8, 4) is 11.6 Å². The van der Waals surface area contributed by atoms with Crippen LogP contribution >= 0.6 is 15.9 Å². The zero-order valence-electron chi connectivity index (χ0n) is 14.5. The standard InChI is InChI=1S/C19H17BrN4O3/c1-26-17-9-10-21-19(22-17)24-23-18(25)15-7-2-3-8-16(15)27-12-13-5-4-6-14(20)11-13/h2-11H,12H2,1H3,(H,23,25)(H,21,22,24). The van der Waals surface area contributed by atoms with Gasteiger partial charge in [0, 0.05) is 16.7 Å².